The van der Waals surface area contributed by atoms with E-state index in [4.69, 9.17) is 0 Å². The Morgan fingerprint density at radius 2 is 2.00 bits per heavy atom. The molecule has 2 rings (SSSR count). The highest BCUT2D eigenvalue weighted by Crippen LogP contribution is 2.30. The highest BCUT2D eigenvalue weighted by molar-refractivity contribution is 7.92. The average Bonchev–Trinajstić information content (AvgIpc) is 2.37. The average molecular weight is 268 g/mol. The predicted molar refractivity (Wildman–Crippen MR) is 74.3 cm³/mol. The van der Waals surface area contributed by atoms with Gasteiger partial charge in [-0.05, 0) is 38.4 Å². The highest BCUT2D eigenvalue weighted by atomic mass is 32.2. The van der Waals surface area contributed by atoms with Crippen LogP contribution in [-0.2, 0) is 10.0 Å². The first kappa shape index (κ1) is 13.4. The minimum Gasteiger partial charge on any atom is -0.313 e. The molecule has 0 amide bonds. The van der Waals surface area contributed by atoms with E-state index in [1.165, 1.54) is 0 Å². The normalized spacial score (nSPS) is 20.7. The summed E-state index contributed by atoms with van der Waals surface area (Å²) in [4.78, 5) is 0. The molecule has 0 saturated carbocycles. The zero-order chi connectivity index (χ0) is 13.2. The zero-order valence-corrected chi connectivity index (χ0v) is 11.7. The Morgan fingerprint density at radius 3 is 2.67 bits per heavy atom. The smallest absolute Gasteiger partial charge is 0.235 e. The monoisotopic (exact) mass is 268 g/mol. The summed E-state index contributed by atoms with van der Waals surface area (Å²) in [6.45, 7) is 2.63. The molecular weight excluding hydrogens is 248 g/mol. The number of hydrogen-bond donors (Lipinski definition) is 1. The second-order valence-corrected chi connectivity index (χ2v) is 6.68. The molecule has 0 bridgehead atoms. The lowest BCUT2D eigenvalue weighted by molar-refractivity contribution is 0.573. The fourth-order valence-corrected chi connectivity index (χ4v) is 3.96. The van der Waals surface area contributed by atoms with Crippen LogP contribution in [0.3, 0.4) is 0 Å². The molecule has 100 valence electrons. The number of rotatable bonds is 3. The van der Waals surface area contributed by atoms with Crippen molar-refractivity contribution in [2.75, 3.05) is 23.7 Å². The molecule has 4 nitrogen and oxygen atoms in total. The second-order valence-electron chi connectivity index (χ2n) is 4.66. The third-order valence-electron chi connectivity index (χ3n) is 3.45. The van der Waals surface area contributed by atoms with Gasteiger partial charge < -0.3 is 5.32 Å². The van der Waals surface area contributed by atoms with Crippen LogP contribution in [0.1, 0.15) is 31.4 Å². The van der Waals surface area contributed by atoms with Gasteiger partial charge in [0.1, 0.15) is 0 Å². The highest BCUT2D eigenvalue weighted by Gasteiger charge is 2.28. The lowest BCUT2D eigenvalue weighted by Gasteiger charge is -2.31. The quantitative estimate of drug-likeness (QED) is 0.911. The van der Waals surface area contributed by atoms with E-state index in [0.717, 1.165) is 24.1 Å². The Balaban J connectivity index is 2.44. The van der Waals surface area contributed by atoms with Crippen LogP contribution in [-0.4, -0.2) is 27.8 Å². The molecule has 1 aromatic carbocycles. The summed E-state index contributed by atoms with van der Waals surface area (Å²) in [6.07, 6.45) is 1.70. The van der Waals surface area contributed by atoms with Gasteiger partial charge in [0, 0.05) is 12.6 Å². The molecule has 1 fully saturated rings. The lowest BCUT2D eigenvalue weighted by atomic mass is 10.1. The van der Waals surface area contributed by atoms with E-state index in [1.54, 1.807) is 4.31 Å². The van der Waals surface area contributed by atoms with E-state index in [-0.39, 0.29) is 11.8 Å². The molecular formula is C13H20N2O2S. The molecule has 1 saturated heterocycles. The topological polar surface area (TPSA) is 49.4 Å². The van der Waals surface area contributed by atoms with Crippen molar-refractivity contribution >= 4 is 15.7 Å². The van der Waals surface area contributed by atoms with Gasteiger partial charge in [-0.3, -0.25) is 4.31 Å². The van der Waals surface area contributed by atoms with Gasteiger partial charge in [0.25, 0.3) is 0 Å². The first-order valence-electron chi connectivity index (χ1n) is 6.33. The molecule has 1 N–H and O–H groups in total. The van der Waals surface area contributed by atoms with Gasteiger partial charge in [0.2, 0.25) is 10.0 Å². The van der Waals surface area contributed by atoms with Gasteiger partial charge in [-0.15, -0.1) is 0 Å². The molecule has 1 heterocycles. The predicted octanol–water partition coefficient (Wildman–Crippen LogP) is 1.90. The molecule has 0 aliphatic carbocycles. The molecule has 1 aliphatic heterocycles. The summed E-state index contributed by atoms with van der Waals surface area (Å²) in [5, 5.41) is 3.17. The first-order valence-corrected chi connectivity index (χ1v) is 7.94. The molecule has 1 aliphatic rings. The van der Waals surface area contributed by atoms with Crippen molar-refractivity contribution < 1.29 is 8.42 Å². The van der Waals surface area contributed by atoms with Crippen LogP contribution >= 0.6 is 0 Å². The Hall–Kier alpha value is -1.07. The molecule has 1 unspecified atom stereocenters. The van der Waals surface area contributed by atoms with Gasteiger partial charge in [0.05, 0.1) is 11.4 Å². The van der Waals surface area contributed by atoms with Crippen molar-refractivity contribution in [3.05, 3.63) is 29.8 Å². The molecule has 1 atom stereocenters. The van der Waals surface area contributed by atoms with Crippen molar-refractivity contribution in [2.24, 2.45) is 0 Å². The van der Waals surface area contributed by atoms with E-state index in [2.05, 4.69) is 5.32 Å². The second kappa shape index (κ2) is 5.28. The van der Waals surface area contributed by atoms with Crippen LogP contribution in [0.25, 0.3) is 0 Å². The Morgan fingerprint density at radius 1 is 1.28 bits per heavy atom. The maximum absolute atomic E-state index is 12.2. The van der Waals surface area contributed by atoms with E-state index in [0.29, 0.717) is 6.54 Å². The SMILES string of the molecule is CNC(C)c1ccccc1N1CCCCS1(=O)=O. The number of nitrogens with one attached hydrogen (secondary N) is 1. The van der Waals surface area contributed by atoms with Crippen molar-refractivity contribution in [3.63, 3.8) is 0 Å². The molecule has 18 heavy (non-hydrogen) atoms. The van der Waals surface area contributed by atoms with E-state index in [9.17, 15) is 8.42 Å². The van der Waals surface area contributed by atoms with Gasteiger partial charge in [0.15, 0.2) is 0 Å². The molecule has 0 radical (unpaired) electrons. The lowest BCUT2D eigenvalue weighted by Crippen LogP contribution is -2.38. The Kier molecular flexibility index (Phi) is 3.92. The third-order valence-corrected chi connectivity index (χ3v) is 5.31. The summed E-state index contributed by atoms with van der Waals surface area (Å²) < 4.78 is 25.9. The number of para-hydroxylation sites is 1. The largest absolute Gasteiger partial charge is 0.313 e. The number of nitrogens with zero attached hydrogens (tertiary/aromatic N) is 1. The Labute approximate surface area is 109 Å². The number of benzene rings is 1. The Bertz CT molecular complexity index is 513. The van der Waals surface area contributed by atoms with Crippen LogP contribution in [0.2, 0.25) is 0 Å². The summed E-state index contributed by atoms with van der Waals surface area (Å²) in [5.41, 5.74) is 1.85. The fourth-order valence-electron chi connectivity index (χ4n) is 2.30. The van der Waals surface area contributed by atoms with Gasteiger partial charge >= 0.3 is 0 Å². The van der Waals surface area contributed by atoms with Crippen LogP contribution in [0.15, 0.2) is 24.3 Å². The van der Waals surface area contributed by atoms with Crippen LogP contribution < -0.4 is 9.62 Å². The van der Waals surface area contributed by atoms with Gasteiger partial charge in [-0.2, -0.15) is 0 Å². The van der Waals surface area contributed by atoms with Crippen LogP contribution in [0.5, 0.6) is 0 Å². The number of anilines is 1. The standard InChI is InChI=1S/C13H20N2O2S/c1-11(14-2)12-7-3-4-8-13(12)15-9-5-6-10-18(15,16)17/h3-4,7-8,11,14H,5-6,9-10H2,1-2H3. The van der Waals surface area contributed by atoms with Gasteiger partial charge in [-0.1, -0.05) is 18.2 Å². The molecule has 0 spiro atoms. The van der Waals surface area contributed by atoms with Crippen molar-refractivity contribution in [1.29, 1.82) is 0 Å². The first-order chi connectivity index (χ1) is 8.56. The summed E-state index contributed by atoms with van der Waals surface area (Å²) in [5.74, 6) is 0.259. The minimum absolute atomic E-state index is 0.137. The number of sulfonamides is 1. The maximum atomic E-state index is 12.2. The summed E-state index contributed by atoms with van der Waals surface area (Å²) >= 11 is 0. The molecule has 5 heteroatoms. The number of hydrogen-bond acceptors (Lipinski definition) is 3. The van der Waals surface area contributed by atoms with Gasteiger partial charge in [-0.25, -0.2) is 8.42 Å². The minimum atomic E-state index is -3.14. The fraction of sp³-hybridized carbons (Fsp3) is 0.538. The maximum Gasteiger partial charge on any atom is 0.235 e. The van der Waals surface area contributed by atoms with Crippen molar-refractivity contribution in [2.45, 2.75) is 25.8 Å². The third kappa shape index (κ3) is 2.52. The van der Waals surface area contributed by atoms with E-state index < -0.39 is 10.0 Å². The van der Waals surface area contributed by atoms with Crippen molar-refractivity contribution in [3.8, 4) is 0 Å². The van der Waals surface area contributed by atoms with Crippen molar-refractivity contribution in [1.82, 2.24) is 5.32 Å². The molecule has 0 aromatic heterocycles. The van der Waals surface area contributed by atoms with E-state index >= 15 is 0 Å². The van der Waals surface area contributed by atoms with Crippen LogP contribution in [0, 0.1) is 0 Å². The summed E-state index contributed by atoms with van der Waals surface area (Å²) in [6, 6.07) is 7.86. The zero-order valence-electron chi connectivity index (χ0n) is 10.9. The van der Waals surface area contributed by atoms with E-state index in [1.807, 2.05) is 38.2 Å². The summed E-state index contributed by atoms with van der Waals surface area (Å²) in [7, 11) is -1.25. The molecule has 1 aromatic rings. The van der Waals surface area contributed by atoms with Crippen LogP contribution in [0.4, 0.5) is 5.69 Å².